The zero-order valence-electron chi connectivity index (χ0n) is 16.5. The third kappa shape index (κ3) is 5.28. The van der Waals surface area contributed by atoms with Crippen LogP contribution in [0.1, 0.15) is 29.9 Å². The second kappa shape index (κ2) is 9.64. The van der Waals surface area contributed by atoms with E-state index in [-0.39, 0.29) is 18.1 Å². The minimum Gasteiger partial charge on any atom is -0.372 e. The normalized spacial score (nSPS) is 10.4. The average Bonchev–Trinajstić information content (AvgIpc) is 2.75. The Morgan fingerprint density at radius 1 is 1.03 bits per heavy atom. The van der Waals surface area contributed by atoms with Crippen molar-refractivity contribution < 1.29 is 9.18 Å². The number of nitrogens with zero attached hydrogens (tertiary/aromatic N) is 3. The highest BCUT2D eigenvalue weighted by molar-refractivity contribution is 5.92. The van der Waals surface area contributed by atoms with E-state index >= 15 is 0 Å². The smallest absolute Gasteiger partial charge is 0.270 e. The minimum atomic E-state index is -0.393. The van der Waals surface area contributed by atoms with E-state index in [0.29, 0.717) is 11.5 Å². The van der Waals surface area contributed by atoms with Crippen molar-refractivity contribution in [3.63, 3.8) is 0 Å². The minimum absolute atomic E-state index is 0.0884. The predicted molar refractivity (Wildman–Crippen MR) is 113 cm³/mol. The maximum absolute atomic E-state index is 13.7. The molecular weight excluding hydrogens is 369 g/mol. The Morgan fingerprint density at radius 3 is 2.45 bits per heavy atom. The number of halogens is 1. The summed E-state index contributed by atoms with van der Waals surface area (Å²) in [7, 11) is 0. The zero-order chi connectivity index (χ0) is 20.6. The topological polar surface area (TPSA) is 70.2 Å². The van der Waals surface area contributed by atoms with Crippen molar-refractivity contribution >= 4 is 23.2 Å². The van der Waals surface area contributed by atoms with Crippen LogP contribution in [0.4, 0.5) is 21.7 Å². The number of hydrogen-bond acceptors (Lipinski definition) is 5. The highest BCUT2D eigenvalue weighted by atomic mass is 19.1. The summed E-state index contributed by atoms with van der Waals surface area (Å²) in [5.41, 5.74) is 2.59. The van der Waals surface area contributed by atoms with Gasteiger partial charge in [-0.2, -0.15) is 0 Å². The van der Waals surface area contributed by atoms with Crippen LogP contribution in [0.25, 0.3) is 0 Å². The van der Waals surface area contributed by atoms with Gasteiger partial charge in [-0.25, -0.2) is 14.4 Å². The highest BCUT2D eigenvalue weighted by Crippen LogP contribution is 2.19. The molecule has 0 bridgehead atoms. The first-order valence-corrected chi connectivity index (χ1v) is 9.57. The van der Waals surface area contributed by atoms with Gasteiger partial charge in [0.1, 0.15) is 11.5 Å². The van der Waals surface area contributed by atoms with Gasteiger partial charge in [0.15, 0.2) is 0 Å². The molecule has 0 aliphatic carbocycles. The van der Waals surface area contributed by atoms with Crippen LogP contribution in [0.3, 0.4) is 0 Å². The van der Waals surface area contributed by atoms with Crippen LogP contribution in [0.2, 0.25) is 0 Å². The molecule has 0 spiro atoms. The Bertz CT molecular complexity index is 957. The summed E-state index contributed by atoms with van der Waals surface area (Å²) < 4.78 is 13.7. The first-order valence-electron chi connectivity index (χ1n) is 9.57. The molecule has 1 heterocycles. The van der Waals surface area contributed by atoms with Crippen LogP contribution in [0, 0.1) is 5.82 Å². The molecule has 1 aromatic heterocycles. The van der Waals surface area contributed by atoms with E-state index in [1.807, 2.05) is 24.3 Å². The fraction of sp³-hybridized carbons (Fsp3) is 0.227. The molecule has 3 aromatic rings. The van der Waals surface area contributed by atoms with Crippen molar-refractivity contribution in [2.45, 2.75) is 20.4 Å². The highest BCUT2D eigenvalue weighted by Gasteiger charge is 2.10. The van der Waals surface area contributed by atoms with Gasteiger partial charge < -0.3 is 15.5 Å². The lowest BCUT2D eigenvalue weighted by atomic mass is 10.2. The maximum Gasteiger partial charge on any atom is 0.270 e. The molecule has 0 atom stereocenters. The van der Waals surface area contributed by atoms with Gasteiger partial charge in [0.2, 0.25) is 5.95 Å². The third-order valence-electron chi connectivity index (χ3n) is 4.54. The first-order chi connectivity index (χ1) is 14.1. The molecule has 2 N–H and O–H groups in total. The number of amides is 1. The van der Waals surface area contributed by atoms with Gasteiger partial charge in [-0.05, 0) is 50.2 Å². The summed E-state index contributed by atoms with van der Waals surface area (Å²) in [5, 5.41) is 5.78. The summed E-state index contributed by atoms with van der Waals surface area (Å²) >= 11 is 0. The molecule has 29 heavy (non-hydrogen) atoms. The molecule has 7 heteroatoms. The van der Waals surface area contributed by atoms with E-state index < -0.39 is 5.91 Å². The summed E-state index contributed by atoms with van der Waals surface area (Å²) in [5.74, 6) is -0.430. The van der Waals surface area contributed by atoms with Crippen molar-refractivity contribution in [1.29, 1.82) is 0 Å². The molecule has 0 radical (unpaired) electrons. The summed E-state index contributed by atoms with van der Waals surface area (Å²) in [4.78, 5) is 23.0. The molecule has 6 nitrogen and oxygen atoms in total. The van der Waals surface area contributed by atoms with Gasteiger partial charge in [-0.1, -0.05) is 18.2 Å². The van der Waals surface area contributed by atoms with Gasteiger partial charge in [0.05, 0.1) is 0 Å². The molecule has 0 aliphatic heterocycles. The molecule has 0 saturated carbocycles. The van der Waals surface area contributed by atoms with Gasteiger partial charge in [0, 0.05) is 42.8 Å². The Hall–Kier alpha value is -3.48. The van der Waals surface area contributed by atoms with Crippen LogP contribution in [-0.4, -0.2) is 29.0 Å². The molecule has 3 rings (SSSR count). The standard InChI is InChI=1S/C22H24FN5O/c1-3-28(4-2)18-11-9-17(10-12-18)26-22-24-14-13-20(27-22)21(29)25-15-16-7-5-6-8-19(16)23/h5-14H,3-4,15H2,1-2H3,(H,25,29)(H,24,26,27). The van der Waals surface area contributed by atoms with Crippen LogP contribution >= 0.6 is 0 Å². The van der Waals surface area contributed by atoms with Crippen molar-refractivity contribution in [2.24, 2.45) is 0 Å². The Kier molecular flexibility index (Phi) is 6.73. The van der Waals surface area contributed by atoms with Crippen molar-refractivity contribution in [1.82, 2.24) is 15.3 Å². The average molecular weight is 393 g/mol. The monoisotopic (exact) mass is 393 g/mol. The number of carbonyl (C=O) groups is 1. The number of anilines is 3. The van der Waals surface area contributed by atoms with Crippen molar-refractivity contribution in [2.75, 3.05) is 23.3 Å². The van der Waals surface area contributed by atoms with Gasteiger partial charge in [-0.3, -0.25) is 4.79 Å². The van der Waals surface area contributed by atoms with Crippen molar-refractivity contribution in [3.05, 3.63) is 77.9 Å². The lowest BCUT2D eigenvalue weighted by molar-refractivity contribution is 0.0945. The Balaban J connectivity index is 1.64. The first kappa shape index (κ1) is 20.3. The molecule has 150 valence electrons. The largest absolute Gasteiger partial charge is 0.372 e. The molecule has 0 aliphatic rings. The lowest BCUT2D eigenvalue weighted by Crippen LogP contribution is -2.24. The fourth-order valence-electron chi connectivity index (χ4n) is 2.93. The Morgan fingerprint density at radius 2 is 1.76 bits per heavy atom. The summed E-state index contributed by atoms with van der Waals surface area (Å²) in [6.07, 6.45) is 1.51. The van der Waals surface area contributed by atoms with Gasteiger partial charge in [0.25, 0.3) is 5.91 Å². The van der Waals surface area contributed by atoms with E-state index in [0.717, 1.165) is 24.5 Å². The third-order valence-corrected chi connectivity index (χ3v) is 4.54. The van der Waals surface area contributed by atoms with E-state index in [4.69, 9.17) is 0 Å². The van der Waals surface area contributed by atoms with Crippen LogP contribution in [0.5, 0.6) is 0 Å². The summed E-state index contributed by atoms with van der Waals surface area (Å²) in [6.45, 7) is 6.20. The van der Waals surface area contributed by atoms with Crippen LogP contribution < -0.4 is 15.5 Å². The number of hydrogen-bond donors (Lipinski definition) is 2. The number of carbonyl (C=O) groups excluding carboxylic acids is 1. The molecule has 0 fully saturated rings. The van der Waals surface area contributed by atoms with Crippen LogP contribution in [0.15, 0.2) is 60.8 Å². The van der Waals surface area contributed by atoms with E-state index in [2.05, 4.69) is 39.3 Å². The summed E-state index contributed by atoms with van der Waals surface area (Å²) in [6, 6.07) is 15.8. The van der Waals surface area contributed by atoms with Gasteiger partial charge >= 0.3 is 0 Å². The van der Waals surface area contributed by atoms with E-state index in [1.165, 1.54) is 18.3 Å². The zero-order valence-corrected chi connectivity index (χ0v) is 16.5. The van der Waals surface area contributed by atoms with E-state index in [1.54, 1.807) is 18.2 Å². The molecule has 1 amide bonds. The second-order valence-corrected chi connectivity index (χ2v) is 6.38. The van der Waals surface area contributed by atoms with Crippen molar-refractivity contribution in [3.8, 4) is 0 Å². The molecule has 0 saturated heterocycles. The number of aromatic nitrogens is 2. The van der Waals surface area contributed by atoms with Crippen LogP contribution in [-0.2, 0) is 6.54 Å². The maximum atomic E-state index is 13.7. The Labute approximate surface area is 169 Å². The number of rotatable bonds is 8. The van der Waals surface area contributed by atoms with E-state index in [9.17, 15) is 9.18 Å². The van der Waals surface area contributed by atoms with Gasteiger partial charge in [-0.15, -0.1) is 0 Å². The quantitative estimate of drug-likeness (QED) is 0.602. The fourth-order valence-corrected chi connectivity index (χ4v) is 2.93. The predicted octanol–water partition coefficient (Wildman–Crippen LogP) is 4.14. The second-order valence-electron chi connectivity index (χ2n) is 6.38. The number of benzene rings is 2. The lowest BCUT2D eigenvalue weighted by Gasteiger charge is -2.21. The SMILES string of the molecule is CCN(CC)c1ccc(Nc2nccc(C(=O)NCc3ccccc3F)n2)cc1. The molecule has 2 aromatic carbocycles. The molecular formula is C22H24FN5O. The number of nitrogens with one attached hydrogen (secondary N) is 2. The molecule has 0 unspecified atom stereocenters.